The fourth-order valence-electron chi connectivity index (χ4n) is 3.27. The Hall–Kier alpha value is -3.58. The van der Waals surface area contributed by atoms with Gasteiger partial charge in [0.25, 0.3) is 11.5 Å². The highest BCUT2D eigenvalue weighted by Crippen LogP contribution is 2.26. The lowest BCUT2D eigenvalue weighted by molar-refractivity contribution is 0.102. The second kappa shape index (κ2) is 7.68. The molecule has 0 aliphatic carbocycles. The van der Waals surface area contributed by atoms with Gasteiger partial charge in [0.2, 0.25) is 0 Å². The van der Waals surface area contributed by atoms with Crippen LogP contribution >= 0.6 is 11.6 Å². The number of aromatic nitrogens is 3. The van der Waals surface area contributed by atoms with Crippen molar-refractivity contribution in [1.29, 1.82) is 0 Å². The molecule has 4 aromatic rings. The third-order valence-corrected chi connectivity index (χ3v) is 4.97. The maximum atomic E-state index is 13.2. The molecule has 0 spiro atoms. The van der Waals surface area contributed by atoms with Gasteiger partial charge < -0.3 is 10.6 Å². The Morgan fingerprint density at radius 3 is 2.50 bits per heavy atom. The first-order chi connectivity index (χ1) is 14.3. The van der Waals surface area contributed by atoms with Crippen molar-refractivity contribution in [2.75, 3.05) is 10.6 Å². The van der Waals surface area contributed by atoms with Crippen molar-refractivity contribution in [1.82, 2.24) is 14.6 Å². The predicted octanol–water partition coefficient (Wildman–Crippen LogP) is 4.60. The van der Waals surface area contributed by atoms with E-state index in [9.17, 15) is 9.59 Å². The summed E-state index contributed by atoms with van der Waals surface area (Å²) in [6.45, 7) is 5.70. The summed E-state index contributed by atoms with van der Waals surface area (Å²) in [6.07, 6.45) is 0. The minimum atomic E-state index is -0.402. The summed E-state index contributed by atoms with van der Waals surface area (Å²) in [5, 5.41) is 9.63. The van der Waals surface area contributed by atoms with E-state index in [0.29, 0.717) is 22.2 Å². The summed E-state index contributed by atoms with van der Waals surface area (Å²) < 4.78 is 1.26. The van der Waals surface area contributed by atoms with Crippen LogP contribution in [0.2, 0.25) is 5.02 Å². The number of fused-ring (bicyclic) bond motifs is 1. The van der Waals surface area contributed by atoms with Gasteiger partial charge in [0.1, 0.15) is 11.4 Å². The van der Waals surface area contributed by atoms with E-state index in [1.165, 1.54) is 10.6 Å². The third kappa shape index (κ3) is 3.79. The third-order valence-electron chi connectivity index (χ3n) is 4.71. The molecule has 8 heteroatoms. The Morgan fingerprint density at radius 2 is 1.80 bits per heavy atom. The van der Waals surface area contributed by atoms with Crippen LogP contribution in [0.4, 0.5) is 17.2 Å². The number of carbonyl (C=O) groups excluding carboxylic acids is 1. The molecular formula is C22H20ClN5O2. The molecule has 4 rings (SSSR count). The van der Waals surface area contributed by atoms with E-state index in [2.05, 4.69) is 20.7 Å². The molecule has 3 N–H and O–H groups in total. The van der Waals surface area contributed by atoms with Gasteiger partial charge in [-0.05, 0) is 56.7 Å². The minimum Gasteiger partial charge on any atom is -0.340 e. The zero-order valence-electron chi connectivity index (χ0n) is 16.7. The van der Waals surface area contributed by atoms with E-state index in [4.69, 9.17) is 11.6 Å². The zero-order valence-corrected chi connectivity index (χ0v) is 17.5. The van der Waals surface area contributed by atoms with Crippen LogP contribution in [0, 0.1) is 20.8 Å². The summed E-state index contributed by atoms with van der Waals surface area (Å²) in [7, 11) is 0. The van der Waals surface area contributed by atoms with Gasteiger partial charge in [-0.25, -0.2) is 4.98 Å². The number of halogens is 1. The number of aromatic amines is 1. The number of H-pyrrole nitrogens is 1. The summed E-state index contributed by atoms with van der Waals surface area (Å²) in [5.41, 5.74) is 4.25. The summed E-state index contributed by atoms with van der Waals surface area (Å²) in [4.78, 5) is 30.1. The van der Waals surface area contributed by atoms with Crippen molar-refractivity contribution >= 4 is 40.3 Å². The van der Waals surface area contributed by atoms with Crippen LogP contribution in [0.15, 0.2) is 53.3 Å². The largest absolute Gasteiger partial charge is 0.340 e. The van der Waals surface area contributed by atoms with Gasteiger partial charge in [-0.15, -0.1) is 0 Å². The van der Waals surface area contributed by atoms with Crippen LogP contribution in [-0.4, -0.2) is 20.5 Å². The lowest BCUT2D eigenvalue weighted by Gasteiger charge is -2.11. The molecule has 2 heterocycles. The fourth-order valence-corrected chi connectivity index (χ4v) is 3.40. The predicted molar refractivity (Wildman–Crippen MR) is 119 cm³/mol. The molecule has 2 aromatic carbocycles. The van der Waals surface area contributed by atoms with Crippen molar-refractivity contribution in [3.8, 4) is 0 Å². The van der Waals surface area contributed by atoms with E-state index >= 15 is 0 Å². The smallest absolute Gasteiger partial charge is 0.272 e. The highest BCUT2D eigenvalue weighted by Gasteiger charge is 2.22. The van der Waals surface area contributed by atoms with Gasteiger partial charge in [0, 0.05) is 28.2 Å². The molecule has 0 radical (unpaired) electrons. The van der Waals surface area contributed by atoms with E-state index < -0.39 is 5.91 Å². The second-order valence-electron chi connectivity index (χ2n) is 7.16. The molecule has 7 nitrogen and oxygen atoms in total. The molecule has 2 aromatic heterocycles. The Bertz CT molecular complexity index is 1320. The average Bonchev–Trinajstić information content (AvgIpc) is 3.04. The molecule has 0 bridgehead atoms. The zero-order chi connectivity index (χ0) is 21.4. The Morgan fingerprint density at radius 1 is 1.07 bits per heavy atom. The van der Waals surface area contributed by atoms with Crippen LogP contribution in [0.25, 0.3) is 5.65 Å². The Labute approximate surface area is 177 Å². The first-order valence-corrected chi connectivity index (χ1v) is 9.73. The molecule has 30 heavy (non-hydrogen) atoms. The number of rotatable bonds is 4. The molecular weight excluding hydrogens is 402 g/mol. The van der Waals surface area contributed by atoms with Gasteiger partial charge in [-0.1, -0.05) is 29.3 Å². The van der Waals surface area contributed by atoms with Crippen LogP contribution in [0.3, 0.4) is 0 Å². The molecule has 0 aliphatic rings. The van der Waals surface area contributed by atoms with Crippen molar-refractivity contribution < 1.29 is 4.79 Å². The maximum absolute atomic E-state index is 13.2. The van der Waals surface area contributed by atoms with Crippen molar-refractivity contribution in [2.45, 2.75) is 20.8 Å². The van der Waals surface area contributed by atoms with E-state index in [1.807, 2.05) is 32.0 Å². The standard InChI is InChI=1S/C22H20ClN5O2/c1-12-4-9-17(13(2)10-12)26-20-19(21-24-14(3)11-18(29)28(21)27-20)22(30)25-16-7-5-15(23)6-8-16/h4-11,26-27H,1-3H3,(H,25,30). The van der Waals surface area contributed by atoms with Gasteiger partial charge in [-0.2, -0.15) is 4.52 Å². The van der Waals surface area contributed by atoms with E-state index in [0.717, 1.165) is 16.8 Å². The number of nitrogens with one attached hydrogen (secondary N) is 3. The maximum Gasteiger partial charge on any atom is 0.272 e. The monoisotopic (exact) mass is 421 g/mol. The number of aryl methyl sites for hydroxylation is 3. The highest BCUT2D eigenvalue weighted by atomic mass is 35.5. The molecule has 0 unspecified atom stereocenters. The second-order valence-corrected chi connectivity index (χ2v) is 7.60. The number of benzene rings is 2. The molecule has 0 atom stereocenters. The topological polar surface area (TPSA) is 91.3 Å². The molecule has 0 fully saturated rings. The molecule has 0 saturated heterocycles. The van der Waals surface area contributed by atoms with Crippen LogP contribution in [0.1, 0.15) is 27.2 Å². The van der Waals surface area contributed by atoms with Crippen molar-refractivity contribution in [3.05, 3.63) is 86.3 Å². The van der Waals surface area contributed by atoms with E-state index in [1.54, 1.807) is 31.2 Å². The first-order valence-electron chi connectivity index (χ1n) is 9.35. The van der Waals surface area contributed by atoms with Gasteiger partial charge in [0.15, 0.2) is 5.65 Å². The number of hydrogen-bond acceptors (Lipinski definition) is 4. The number of anilines is 3. The van der Waals surface area contributed by atoms with Crippen LogP contribution in [0.5, 0.6) is 0 Å². The molecule has 1 amide bonds. The summed E-state index contributed by atoms with van der Waals surface area (Å²) in [6, 6.07) is 14.1. The van der Waals surface area contributed by atoms with Crippen molar-refractivity contribution in [2.24, 2.45) is 0 Å². The number of carbonyl (C=O) groups is 1. The SMILES string of the molecule is Cc1ccc(Nc2[nH]n3c(=O)cc(C)nc3c2C(=O)Nc2ccc(Cl)cc2)c(C)c1. The Balaban J connectivity index is 1.82. The molecule has 0 aliphatic heterocycles. The number of nitrogens with zero attached hydrogens (tertiary/aromatic N) is 2. The summed E-state index contributed by atoms with van der Waals surface area (Å²) >= 11 is 5.93. The Kier molecular flexibility index (Phi) is 5.05. The lowest BCUT2D eigenvalue weighted by Crippen LogP contribution is -2.17. The van der Waals surface area contributed by atoms with E-state index in [-0.39, 0.29) is 16.8 Å². The highest BCUT2D eigenvalue weighted by molar-refractivity contribution is 6.30. The van der Waals surface area contributed by atoms with Gasteiger partial charge in [-0.3, -0.25) is 14.7 Å². The number of hydrogen-bond donors (Lipinski definition) is 3. The average molecular weight is 422 g/mol. The van der Waals surface area contributed by atoms with Gasteiger partial charge in [0.05, 0.1) is 0 Å². The minimum absolute atomic E-state index is 0.241. The van der Waals surface area contributed by atoms with Crippen LogP contribution in [-0.2, 0) is 0 Å². The number of amides is 1. The molecule has 0 saturated carbocycles. The molecule has 152 valence electrons. The normalized spacial score (nSPS) is 10.9. The summed E-state index contributed by atoms with van der Waals surface area (Å²) in [5.74, 6) is -0.0237. The first kappa shape index (κ1) is 19.7. The quantitative estimate of drug-likeness (QED) is 0.449. The lowest BCUT2D eigenvalue weighted by atomic mass is 10.1. The van der Waals surface area contributed by atoms with Crippen LogP contribution < -0.4 is 16.2 Å². The fraction of sp³-hybridized carbons (Fsp3) is 0.136. The van der Waals surface area contributed by atoms with Crippen molar-refractivity contribution in [3.63, 3.8) is 0 Å². The van der Waals surface area contributed by atoms with Gasteiger partial charge >= 0.3 is 0 Å².